The van der Waals surface area contributed by atoms with Gasteiger partial charge in [-0.1, -0.05) is 51.1 Å². The van der Waals surface area contributed by atoms with Crippen molar-refractivity contribution >= 4 is 23.4 Å². The van der Waals surface area contributed by atoms with Crippen molar-refractivity contribution in [1.29, 1.82) is 0 Å². The van der Waals surface area contributed by atoms with Crippen LogP contribution in [0.25, 0.3) is 5.69 Å². The van der Waals surface area contributed by atoms with Gasteiger partial charge in [-0.2, -0.15) is 0 Å². The van der Waals surface area contributed by atoms with Crippen LogP contribution < -0.4 is 10.9 Å². The number of rotatable bonds is 6. The summed E-state index contributed by atoms with van der Waals surface area (Å²) < 4.78 is 3.34. The summed E-state index contributed by atoms with van der Waals surface area (Å²) in [6, 6.07) is 13.9. The predicted molar refractivity (Wildman–Crippen MR) is 135 cm³/mol. The van der Waals surface area contributed by atoms with Crippen molar-refractivity contribution in [2.24, 2.45) is 7.05 Å². The molecule has 32 heavy (non-hydrogen) atoms. The van der Waals surface area contributed by atoms with E-state index in [9.17, 15) is 9.59 Å². The van der Waals surface area contributed by atoms with Gasteiger partial charge in [0.25, 0.3) is 5.56 Å². The first-order valence-corrected chi connectivity index (χ1v) is 12.0. The lowest BCUT2D eigenvalue weighted by Crippen LogP contribution is -2.23. The van der Waals surface area contributed by atoms with Crippen LogP contribution in [-0.4, -0.2) is 21.0 Å². The van der Waals surface area contributed by atoms with E-state index in [1.807, 2.05) is 44.3 Å². The van der Waals surface area contributed by atoms with Gasteiger partial charge in [-0.3, -0.25) is 14.3 Å². The van der Waals surface area contributed by atoms with E-state index in [1.165, 1.54) is 22.3 Å². The third kappa shape index (κ3) is 5.01. The number of carbonyl (C=O) groups is 1. The molecule has 0 bridgehead atoms. The second kappa shape index (κ2) is 9.41. The van der Waals surface area contributed by atoms with Crippen LogP contribution in [0.1, 0.15) is 48.7 Å². The molecule has 6 heteroatoms. The number of hydrogen-bond donors (Lipinski definition) is 1. The van der Waals surface area contributed by atoms with Crippen molar-refractivity contribution in [3.63, 3.8) is 0 Å². The molecule has 3 aromatic rings. The number of aryl methyl sites for hydroxylation is 2. The predicted octanol–water partition coefficient (Wildman–Crippen LogP) is 5.27. The van der Waals surface area contributed by atoms with Gasteiger partial charge in [-0.25, -0.2) is 4.68 Å². The summed E-state index contributed by atoms with van der Waals surface area (Å²) >= 11 is 1.57. The Kier molecular flexibility index (Phi) is 7.03. The van der Waals surface area contributed by atoms with Crippen LogP contribution in [0.15, 0.2) is 47.3 Å². The summed E-state index contributed by atoms with van der Waals surface area (Å²) in [6.45, 7) is 12.8. The van der Waals surface area contributed by atoms with Gasteiger partial charge < -0.3 is 5.32 Å². The Bertz CT molecular complexity index is 1160. The van der Waals surface area contributed by atoms with Crippen molar-refractivity contribution < 1.29 is 4.79 Å². The fourth-order valence-corrected chi connectivity index (χ4v) is 4.81. The van der Waals surface area contributed by atoms with Crippen molar-refractivity contribution in [2.45, 2.75) is 52.7 Å². The molecule has 2 aromatic carbocycles. The molecule has 1 amide bonds. The third-order valence-electron chi connectivity index (χ3n) is 5.86. The van der Waals surface area contributed by atoms with Gasteiger partial charge in [-0.15, -0.1) is 11.8 Å². The molecule has 0 saturated heterocycles. The minimum atomic E-state index is -0.223. The summed E-state index contributed by atoms with van der Waals surface area (Å²) in [4.78, 5) is 25.6. The van der Waals surface area contributed by atoms with Crippen molar-refractivity contribution in [3.8, 4) is 5.69 Å². The van der Waals surface area contributed by atoms with E-state index in [-0.39, 0.29) is 16.9 Å². The highest BCUT2D eigenvalue weighted by molar-refractivity contribution is 7.99. The number of hydrogen-bond acceptors (Lipinski definition) is 3. The van der Waals surface area contributed by atoms with Crippen LogP contribution in [0.5, 0.6) is 0 Å². The summed E-state index contributed by atoms with van der Waals surface area (Å²) in [5.41, 5.74) is 6.83. The quantitative estimate of drug-likeness (QED) is 0.555. The molecule has 0 aliphatic carbocycles. The monoisotopic (exact) mass is 451 g/mol. The molecule has 1 N–H and O–H groups in total. The van der Waals surface area contributed by atoms with Gasteiger partial charge >= 0.3 is 0 Å². The second-order valence-corrected chi connectivity index (χ2v) is 10.3. The first-order valence-electron chi connectivity index (χ1n) is 10.8. The van der Waals surface area contributed by atoms with Crippen molar-refractivity contribution in [2.75, 3.05) is 11.1 Å². The number of aromatic nitrogens is 2. The molecule has 0 saturated carbocycles. The Morgan fingerprint density at radius 2 is 1.62 bits per heavy atom. The SMILES string of the molecule is Cc1cc(C(C)(C)C)cc(C)c1CSCC(=O)Nc1c(C)n(C)n(-c2ccccc2)c1=O. The third-order valence-corrected chi connectivity index (χ3v) is 6.82. The van der Waals surface area contributed by atoms with E-state index in [2.05, 4.69) is 52.1 Å². The number of amides is 1. The Morgan fingerprint density at radius 1 is 1.03 bits per heavy atom. The van der Waals surface area contributed by atoms with Gasteiger partial charge in [0.05, 0.1) is 17.1 Å². The highest BCUT2D eigenvalue weighted by Gasteiger charge is 2.19. The second-order valence-electron chi connectivity index (χ2n) is 9.32. The molecule has 0 atom stereocenters. The lowest BCUT2D eigenvalue weighted by atomic mass is 9.84. The van der Waals surface area contributed by atoms with E-state index in [4.69, 9.17) is 0 Å². The Balaban J connectivity index is 1.69. The molecule has 0 spiro atoms. The van der Waals surface area contributed by atoms with Crippen LogP contribution in [0, 0.1) is 20.8 Å². The molecule has 3 rings (SSSR count). The molecule has 0 radical (unpaired) electrons. The van der Waals surface area contributed by atoms with Gasteiger partial charge in [0, 0.05) is 12.8 Å². The molecule has 0 fully saturated rings. The fourth-order valence-electron chi connectivity index (χ4n) is 3.79. The molecular formula is C26H33N3O2S. The maximum atomic E-state index is 13.0. The maximum Gasteiger partial charge on any atom is 0.295 e. The zero-order valence-corrected chi connectivity index (χ0v) is 20.9. The number of para-hydroxylation sites is 1. The summed E-state index contributed by atoms with van der Waals surface area (Å²) in [7, 11) is 1.82. The zero-order chi connectivity index (χ0) is 23.6. The van der Waals surface area contributed by atoms with Crippen LogP contribution in [0.2, 0.25) is 0 Å². The van der Waals surface area contributed by atoms with E-state index in [0.29, 0.717) is 11.4 Å². The molecule has 170 valence electrons. The molecule has 0 aliphatic heterocycles. The normalized spacial score (nSPS) is 11.6. The number of benzene rings is 2. The fraction of sp³-hybridized carbons (Fsp3) is 0.385. The molecule has 0 aliphatic rings. The Hall–Kier alpha value is -2.73. The lowest BCUT2D eigenvalue weighted by Gasteiger charge is -2.22. The molecular weight excluding hydrogens is 418 g/mol. The molecule has 5 nitrogen and oxygen atoms in total. The minimum Gasteiger partial charge on any atom is -0.319 e. The molecule has 1 aromatic heterocycles. The standard InChI is InChI=1S/C26H33N3O2S/c1-17-13-20(26(4,5)6)14-18(2)22(17)15-32-16-23(30)27-24-19(3)28(7)29(25(24)31)21-11-9-8-10-12-21/h8-14H,15-16H2,1-7H3,(H,27,30). The summed E-state index contributed by atoms with van der Waals surface area (Å²) in [5, 5.41) is 2.84. The number of carbonyl (C=O) groups excluding carboxylic acids is 1. The van der Waals surface area contributed by atoms with Crippen LogP contribution >= 0.6 is 11.8 Å². The van der Waals surface area contributed by atoms with Gasteiger partial charge in [-0.05, 0) is 60.6 Å². The summed E-state index contributed by atoms with van der Waals surface area (Å²) in [5.74, 6) is 0.888. The number of nitrogens with zero attached hydrogens (tertiary/aromatic N) is 2. The zero-order valence-electron chi connectivity index (χ0n) is 20.1. The van der Waals surface area contributed by atoms with Crippen LogP contribution in [0.3, 0.4) is 0 Å². The number of anilines is 1. The average Bonchev–Trinajstić information content (AvgIpc) is 2.93. The van der Waals surface area contributed by atoms with Crippen LogP contribution in [-0.2, 0) is 23.0 Å². The van der Waals surface area contributed by atoms with Gasteiger partial charge in [0.15, 0.2) is 0 Å². The largest absolute Gasteiger partial charge is 0.319 e. The lowest BCUT2D eigenvalue weighted by molar-refractivity contribution is -0.113. The summed E-state index contributed by atoms with van der Waals surface area (Å²) in [6.07, 6.45) is 0. The topological polar surface area (TPSA) is 56.0 Å². The maximum absolute atomic E-state index is 13.0. The van der Waals surface area contributed by atoms with E-state index >= 15 is 0 Å². The van der Waals surface area contributed by atoms with Gasteiger partial charge in [0.1, 0.15) is 5.69 Å². The average molecular weight is 452 g/mol. The Morgan fingerprint density at radius 3 is 2.19 bits per heavy atom. The van der Waals surface area contributed by atoms with E-state index < -0.39 is 0 Å². The molecule has 1 heterocycles. The van der Waals surface area contributed by atoms with Crippen molar-refractivity contribution in [3.05, 3.63) is 80.8 Å². The van der Waals surface area contributed by atoms with Crippen molar-refractivity contribution in [1.82, 2.24) is 9.36 Å². The first kappa shape index (κ1) is 23.9. The number of thioether (sulfide) groups is 1. The molecule has 0 unspecified atom stereocenters. The van der Waals surface area contributed by atoms with Crippen LogP contribution in [0.4, 0.5) is 5.69 Å². The smallest absolute Gasteiger partial charge is 0.295 e. The highest BCUT2D eigenvalue weighted by atomic mass is 32.2. The Labute approximate surface area is 194 Å². The number of nitrogens with one attached hydrogen (secondary N) is 1. The minimum absolute atomic E-state index is 0.112. The van der Waals surface area contributed by atoms with E-state index in [0.717, 1.165) is 17.1 Å². The van der Waals surface area contributed by atoms with Gasteiger partial charge in [0.2, 0.25) is 5.91 Å². The highest BCUT2D eigenvalue weighted by Crippen LogP contribution is 2.29. The van der Waals surface area contributed by atoms with E-state index in [1.54, 1.807) is 21.1 Å². The first-order chi connectivity index (χ1) is 15.0.